The number of hydrogen-bond acceptors (Lipinski definition) is 6. The van der Waals surface area contributed by atoms with Crippen LogP contribution in [0.3, 0.4) is 0 Å². The first-order valence-electron chi connectivity index (χ1n) is 9.58. The van der Waals surface area contributed by atoms with Crippen LogP contribution in [0.4, 0.5) is 11.8 Å². The summed E-state index contributed by atoms with van der Waals surface area (Å²) in [6, 6.07) is 4.32. The van der Waals surface area contributed by atoms with Crippen molar-refractivity contribution in [3.63, 3.8) is 0 Å². The highest BCUT2D eigenvalue weighted by atomic mass is 16.5. The normalized spacial score (nSPS) is 14.0. The van der Waals surface area contributed by atoms with E-state index in [9.17, 15) is 0 Å². The van der Waals surface area contributed by atoms with Gasteiger partial charge in [0.05, 0.1) is 12.7 Å². The van der Waals surface area contributed by atoms with E-state index in [2.05, 4.69) is 58.0 Å². The molecule has 146 valence electrons. The van der Waals surface area contributed by atoms with Gasteiger partial charge in [0.2, 0.25) is 5.95 Å². The summed E-state index contributed by atoms with van der Waals surface area (Å²) in [4.78, 5) is 11.2. The molecule has 0 amide bonds. The molecule has 7 nitrogen and oxygen atoms in total. The largest absolute Gasteiger partial charge is 0.491 e. The third kappa shape index (κ3) is 3.28. The Bertz CT molecular complexity index is 997. The van der Waals surface area contributed by atoms with E-state index in [1.165, 1.54) is 0 Å². The molecule has 0 fully saturated rings. The van der Waals surface area contributed by atoms with Gasteiger partial charge in [0.1, 0.15) is 18.2 Å². The quantitative estimate of drug-likeness (QED) is 0.723. The smallest absolute Gasteiger partial charge is 0.222 e. The molecule has 4 rings (SSSR count). The molecular formula is C21H26N6O. The Balaban J connectivity index is 1.79. The number of benzene rings is 1. The zero-order valence-corrected chi connectivity index (χ0v) is 16.8. The number of aromatic amines is 1. The van der Waals surface area contributed by atoms with Crippen LogP contribution >= 0.6 is 0 Å². The third-order valence-electron chi connectivity index (χ3n) is 5.16. The van der Waals surface area contributed by atoms with Crippen molar-refractivity contribution in [3.05, 3.63) is 46.9 Å². The fraction of sp³-hybridized carbons (Fsp3) is 0.381. The Morgan fingerprint density at radius 1 is 1.18 bits per heavy atom. The molecule has 0 unspecified atom stereocenters. The summed E-state index contributed by atoms with van der Waals surface area (Å²) in [5.41, 5.74) is 12.5. The zero-order valence-electron chi connectivity index (χ0n) is 16.8. The van der Waals surface area contributed by atoms with Crippen molar-refractivity contribution in [1.82, 2.24) is 20.2 Å². The van der Waals surface area contributed by atoms with Gasteiger partial charge in [0, 0.05) is 35.1 Å². The number of anilines is 2. The average Bonchev–Trinajstić information content (AvgIpc) is 3.07. The van der Waals surface area contributed by atoms with Gasteiger partial charge in [-0.05, 0) is 43.0 Å². The van der Waals surface area contributed by atoms with Gasteiger partial charge in [-0.2, -0.15) is 10.1 Å². The van der Waals surface area contributed by atoms with Crippen molar-refractivity contribution >= 4 is 11.8 Å². The number of nitrogens with two attached hydrogens (primary N) is 1. The summed E-state index contributed by atoms with van der Waals surface area (Å²) >= 11 is 0. The van der Waals surface area contributed by atoms with Crippen LogP contribution in [0.15, 0.2) is 24.5 Å². The van der Waals surface area contributed by atoms with Gasteiger partial charge < -0.3 is 15.4 Å². The van der Waals surface area contributed by atoms with Crippen LogP contribution < -0.4 is 15.4 Å². The van der Waals surface area contributed by atoms with E-state index in [0.717, 1.165) is 51.6 Å². The highest BCUT2D eigenvalue weighted by molar-refractivity contribution is 5.67. The summed E-state index contributed by atoms with van der Waals surface area (Å²) in [5, 5.41) is 6.96. The van der Waals surface area contributed by atoms with Crippen LogP contribution in [0.25, 0.3) is 11.1 Å². The molecule has 1 aliphatic heterocycles. The Morgan fingerprint density at radius 2 is 2.00 bits per heavy atom. The van der Waals surface area contributed by atoms with Gasteiger partial charge in [0.15, 0.2) is 0 Å². The monoisotopic (exact) mass is 378 g/mol. The van der Waals surface area contributed by atoms with Crippen LogP contribution in [-0.4, -0.2) is 33.3 Å². The van der Waals surface area contributed by atoms with Gasteiger partial charge in [-0.15, -0.1) is 0 Å². The predicted molar refractivity (Wildman–Crippen MR) is 111 cm³/mol. The highest BCUT2D eigenvalue weighted by Gasteiger charge is 2.24. The number of aryl methyl sites for hydroxylation is 2. The first kappa shape index (κ1) is 18.3. The molecule has 0 aliphatic carbocycles. The van der Waals surface area contributed by atoms with E-state index in [4.69, 9.17) is 10.5 Å². The van der Waals surface area contributed by atoms with Gasteiger partial charge in [-0.25, -0.2) is 4.98 Å². The van der Waals surface area contributed by atoms with Crippen molar-refractivity contribution in [2.45, 2.75) is 40.2 Å². The number of nitrogen functional groups attached to an aromatic ring is 1. The van der Waals surface area contributed by atoms with Crippen molar-refractivity contribution in [2.24, 2.45) is 0 Å². The predicted octanol–water partition coefficient (Wildman–Crippen LogP) is 3.59. The van der Waals surface area contributed by atoms with Crippen LogP contribution in [0.2, 0.25) is 0 Å². The SMILES string of the molecule is Cc1cc(-c2cn[nH]c2)cc2c1OCCN(c1nc(N)nc(C)c1C(C)C)C2. The molecule has 28 heavy (non-hydrogen) atoms. The molecule has 1 aromatic carbocycles. The molecule has 3 aromatic rings. The lowest BCUT2D eigenvalue weighted by Gasteiger charge is -2.26. The Hall–Kier alpha value is -3.09. The van der Waals surface area contributed by atoms with E-state index in [1.807, 2.05) is 19.3 Å². The lowest BCUT2D eigenvalue weighted by Crippen LogP contribution is -2.28. The summed E-state index contributed by atoms with van der Waals surface area (Å²) in [7, 11) is 0. The summed E-state index contributed by atoms with van der Waals surface area (Å²) in [5.74, 6) is 2.48. The van der Waals surface area contributed by atoms with Crippen LogP contribution in [0.1, 0.15) is 42.1 Å². The van der Waals surface area contributed by atoms with E-state index in [-0.39, 0.29) is 0 Å². The Morgan fingerprint density at radius 3 is 2.71 bits per heavy atom. The lowest BCUT2D eigenvalue weighted by atomic mass is 9.99. The minimum atomic E-state index is 0.304. The fourth-order valence-electron chi connectivity index (χ4n) is 3.97. The maximum absolute atomic E-state index is 6.12. The minimum Gasteiger partial charge on any atom is -0.491 e. The topological polar surface area (TPSA) is 93.0 Å². The Kier molecular flexibility index (Phi) is 4.66. The number of fused-ring (bicyclic) bond motifs is 1. The highest BCUT2D eigenvalue weighted by Crippen LogP contribution is 2.36. The summed E-state index contributed by atoms with van der Waals surface area (Å²) < 4.78 is 6.12. The standard InChI is InChI=1S/C21H26N6O/c1-12(2)18-14(4)25-21(22)26-20(18)27-5-6-28-19-13(3)7-15(8-16(19)11-27)17-9-23-24-10-17/h7-10,12H,5-6,11H2,1-4H3,(H,23,24)(H2,22,25,26). The maximum atomic E-state index is 6.12. The first-order valence-corrected chi connectivity index (χ1v) is 9.58. The van der Waals surface area contributed by atoms with Crippen molar-refractivity contribution in [3.8, 4) is 16.9 Å². The second kappa shape index (κ2) is 7.14. The Labute approximate surface area is 165 Å². The number of hydrogen-bond donors (Lipinski definition) is 2. The number of rotatable bonds is 3. The molecule has 2 aromatic heterocycles. The number of H-pyrrole nitrogens is 1. The third-order valence-corrected chi connectivity index (χ3v) is 5.16. The van der Waals surface area contributed by atoms with E-state index in [0.29, 0.717) is 25.0 Å². The second-order valence-electron chi connectivity index (χ2n) is 7.60. The lowest BCUT2D eigenvalue weighted by molar-refractivity contribution is 0.329. The second-order valence-corrected chi connectivity index (χ2v) is 7.60. The van der Waals surface area contributed by atoms with Gasteiger partial charge in [0.25, 0.3) is 0 Å². The number of aromatic nitrogens is 4. The maximum Gasteiger partial charge on any atom is 0.222 e. The van der Waals surface area contributed by atoms with Gasteiger partial charge >= 0.3 is 0 Å². The molecule has 0 atom stereocenters. The van der Waals surface area contributed by atoms with Gasteiger partial charge in [-0.1, -0.05) is 13.8 Å². The molecule has 0 spiro atoms. The molecule has 0 bridgehead atoms. The number of nitrogens with one attached hydrogen (secondary N) is 1. The van der Waals surface area contributed by atoms with Crippen molar-refractivity contribution < 1.29 is 4.74 Å². The van der Waals surface area contributed by atoms with Crippen LogP contribution in [0, 0.1) is 13.8 Å². The average molecular weight is 378 g/mol. The minimum absolute atomic E-state index is 0.304. The van der Waals surface area contributed by atoms with E-state index in [1.54, 1.807) is 0 Å². The van der Waals surface area contributed by atoms with Crippen molar-refractivity contribution in [2.75, 3.05) is 23.8 Å². The summed E-state index contributed by atoms with van der Waals surface area (Å²) in [6.07, 6.45) is 3.74. The molecular weight excluding hydrogens is 352 g/mol. The van der Waals surface area contributed by atoms with Crippen LogP contribution in [-0.2, 0) is 6.54 Å². The zero-order chi connectivity index (χ0) is 19.8. The molecule has 3 heterocycles. The van der Waals surface area contributed by atoms with E-state index >= 15 is 0 Å². The molecule has 3 N–H and O–H groups in total. The molecule has 7 heteroatoms. The number of ether oxygens (including phenoxy) is 1. The molecule has 1 aliphatic rings. The summed E-state index contributed by atoms with van der Waals surface area (Å²) in [6.45, 7) is 10.5. The number of nitrogens with zero attached hydrogens (tertiary/aromatic N) is 4. The van der Waals surface area contributed by atoms with Gasteiger partial charge in [-0.3, -0.25) is 5.10 Å². The van der Waals surface area contributed by atoms with Crippen molar-refractivity contribution in [1.29, 1.82) is 0 Å². The van der Waals surface area contributed by atoms with Crippen LogP contribution in [0.5, 0.6) is 5.75 Å². The fourth-order valence-corrected chi connectivity index (χ4v) is 3.97. The molecule has 0 saturated heterocycles. The first-order chi connectivity index (χ1) is 13.4. The molecule has 0 saturated carbocycles. The molecule has 0 radical (unpaired) electrons. The van der Waals surface area contributed by atoms with E-state index < -0.39 is 0 Å².